The van der Waals surface area contributed by atoms with Crippen molar-refractivity contribution in [2.75, 3.05) is 32.4 Å². The van der Waals surface area contributed by atoms with Gasteiger partial charge in [0.05, 0.1) is 11.2 Å². The van der Waals surface area contributed by atoms with Crippen LogP contribution in [-0.2, 0) is 24.8 Å². The molecule has 31 heavy (non-hydrogen) atoms. The molecule has 1 saturated heterocycles. The summed E-state index contributed by atoms with van der Waals surface area (Å²) >= 11 is 0. The molecule has 10 heteroatoms. The summed E-state index contributed by atoms with van der Waals surface area (Å²) in [6.07, 6.45) is 2.65. The molecule has 0 aliphatic carbocycles. The second kappa shape index (κ2) is 9.97. The molecule has 0 unspecified atom stereocenters. The van der Waals surface area contributed by atoms with E-state index in [0.29, 0.717) is 37.4 Å². The van der Waals surface area contributed by atoms with Gasteiger partial charge < -0.3 is 5.32 Å². The lowest BCUT2D eigenvalue weighted by atomic mass is 9.95. The second-order valence-corrected chi connectivity index (χ2v) is 12.2. The Morgan fingerprint density at radius 2 is 1.39 bits per heavy atom. The first-order valence-electron chi connectivity index (χ1n) is 10.5. The Kier molecular flexibility index (Phi) is 8.29. The number of carbonyl (C=O) groups excluding carboxylic acids is 1. The first kappa shape index (κ1) is 25.8. The van der Waals surface area contributed by atoms with Crippen LogP contribution in [0.15, 0.2) is 4.90 Å². The minimum Gasteiger partial charge on any atom is -0.356 e. The van der Waals surface area contributed by atoms with Gasteiger partial charge in [0, 0.05) is 32.6 Å². The quantitative estimate of drug-likeness (QED) is 0.597. The summed E-state index contributed by atoms with van der Waals surface area (Å²) in [4.78, 5) is 12.5. The summed E-state index contributed by atoms with van der Waals surface area (Å²) in [5.41, 5.74) is 4.48. The Balaban J connectivity index is 1.86. The average molecular weight is 474 g/mol. The van der Waals surface area contributed by atoms with Crippen LogP contribution in [0.25, 0.3) is 0 Å². The third-order valence-electron chi connectivity index (χ3n) is 6.47. The fourth-order valence-corrected chi connectivity index (χ4v) is 6.53. The summed E-state index contributed by atoms with van der Waals surface area (Å²) in [5.74, 6) is 0.000374. The molecule has 0 aromatic heterocycles. The van der Waals surface area contributed by atoms with Crippen molar-refractivity contribution in [3.8, 4) is 0 Å². The Bertz CT molecular complexity index is 1010. The molecular weight excluding hydrogens is 438 g/mol. The Morgan fingerprint density at radius 1 is 0.903 bits per heavy atom. The Labute approximate surface area is 186 Å². The molecule has 8 nitrogen and oxygen atoms in total. The van der Waals surface area contributed by atoms with E-state index < -0.39 is 20.0 Å². The van der Waals surface area contributed by atoms with Gasteiger partial charge in [0.1, 0.15) is 0 Å². The molecule has 0 saturated carbocycles. The number of piperidine rings is 1. The van der Waals surface area contributed by atoms with Crippen molar-refractivity contribution >= 4 is 26.0 Å². The maximum Gasteiger partial charge on any atom is 0.241 e. The molecule has 0 radical (unpaired) electrons. The summed E-state index contributed by atoms with van der Waals surface area (Å²) in [7, 11) is -6.89. The van der Waals surface area contributed by atoms with Gasteiger partial charge in [-0.05, 0) is 81.2 Å². The predicted octanol–water partition coefficient (Wildman–Crippen LogP) is 1.68. The van der Waals surface area contributed by atoms with Crippen molar-refractivity contribution in [1.82, 2.24) is 14.3 Å². The molecule has 1 aliphatic heterocycles. The van der Waals surface area contributed by atoms with Crippen molar-refractivity contribution < 1.29 is 21.6 Å². The fourth-order valence-electron chi connectivity index (χ4n) is 4.03. The van der Waals surface area contributed by atoms with Crippen LogP contribution in [-0.4, -0.2) is 59.5 Å². The number of amides is 1. The van der Waals surface area contributed by atoms with E-state index >= 15 is 0 Å². The highest BCUT2D eigenvalue weighted by molar-refractivity contribution is 7.89. The highest BCUT2D eigenvalue weighted by Crippen LogP contribution is 2.29. The smallest absolute Gasteiger partial charge is 0.241 e. The van der Waals surface area contributed by atoms with Gasteiger partial charge in [-0.1, -0.05) is 0 Å². The van der Waals surface area contributed by atoms with Gasteiger partial charge in [-0.2, -0.15) is 0 Å². The van der Waals surface area contributed by atoms with Crippen LogP contribution in [0.3, 0.4) is 0 Å². The second-order valence-electron chi connectivity index (χ2n) is 8.51. The lowest BCUT2D eigenvalue weighted by molar-refractivity contribution is -0.121. The number of nitrogens with one attached hydrogen (secondary N) is 2. The van der Waals surface area contributed by atoms with E-state index in [0.717, 1.165) is 27.8 Å². The van der Waals surface area contributed by atoms with Crippen LogP contribution >= 0.6 is 0 Å². The summed E-state index contributed by atoms with van der Waals surface area (Å²) < 4.78 is 52.9. The largest absolute Gasteiger partial charge is 0.356 e. The van der Waals surface area contributed by atoms with Crippen molar-refractivity contribution in [3.05, 3.63) is 27.8 Å². The van der Waals surface area contributed by atoms with Crippen LogP contribution in [0, 0.1) is 40.5 Å². The van der Waals surface area contributed by atoms with Gasteiger partial charge >= 0.3 is 0 Å². The highest BCUT2D eigenvalue weighted by Gasteiger charge is 2.26. The van der Waals surface area contributed by atoms with E-state index in [-0.39, 0.29) is 24.8 Å². The zero-order valence-electron chi connectivity index (χ0n) is 19.3. The molecule has 1 aliphatic rings. The van der Waals surface area contributed by atoms with Gasteiger partial charge in [-0.25, -0.2) is 25.9 Å². The van der Waals surface area contributed by atoms with E-state index in [1.165, 1.54) is 10.6 Å². The zero-order valence-corrected chi connectivity index (χ0v) is 21.0. The predicted molar refractivity (Wildman–Crippen MR) is 122 cm³/mol. The molecule has 2 N–H and O–H groups in total. The molecule has 1 aromatic rings. The van der Waals surface area contributed by atoms with Gasteiger partial charge in [0.15, 0.2) is 0 Å². The molecule has 0 atom stereocenters. The fraction of sp³-hybridized carbons (Fsp3) is 0.667. The maximum atomic E-state index is 12.9. The number of carbonyl (C=O) groups is 1. The molecule has 0 bridgehead atoms. The Morgan fingerprint density at radius 3 is 1.87 bits per heavy atom. The number of nitrogens with zero attached hydrogens (tertiary/aromatic N) is 1. The normalized spacial score (nSPS) is 16.5. The highest BCUT2D eigenvalue weighted by atomic mass is 32.2. The van der Waals surface area contributed by atoms with Crippen LogP contribution < -0.4 is 10.0 Å². The molecular formula is C21H35N3O5S2. The lowest BCUT2D eigenvalue weighted by Gasteiger charge is -2.30. The monoisotopic (exact) mass is 473 g/mol. The van der Waals surface area contributed by atoms with Crippen LogP contribution in [0.2, 0.25) is 0 Å². The van der Waals surface area contributed by atoms with E-state index in [2.05, 4.69) is 10.0 Å². The van der Waals surface area contributed by atoms with Crippen molar-refractivity contribution in [2.45, 2.75) is 58.8 Å². The molecule has 1 aromatic carbocycles. The standard InChI is InChI=1S/C21H35N3O5S2/c1-14-15(2)17(4)21(18(5)16(14)3)31(28,29)23-10-7-20(25)22-13-19-8-11-24(12-9-19)30(6,26)27/h19,23H,7-13H2,1-6H3,(H,22,25). The van der Waals surface area contributed by atoms with Gasteiger partial charge in [0.25, 0.3) is 0 Å². The van der Waals surface area contributed by atoms with E-state index in [9.17, 15) is 21.6 Å². The van der Waals surface area contributed by atoms with Gasteiger partial charge in [0.2, 0.25) is 26.0 Å². The van der Waals surface area contributed by atoms with Crippen LogP contribution in [0.4, 0.5) is 0 Å². The molecule has 2 rings (SSSR count). The average Bonchev–Trinajstić information content (AvgIpc) is 2.68. The third kappa shape index (κ3) is 6.27. The first-order chi connectivity index (χ1) is 14.3. The molecule has 1 amide bonds. The molecule has 1 fully saturated rings. The minimum absolute atomic E-state index is 0.0194. The van der Waals surface area contributed by atoms with Crippen LogP contribution in [0.1, 0.15) is 47.1 Å². The van der Waals surface area contributed by atoms with Crippen molar-refractivity contribution in [3.63, 3.8) is 0 Å². The van der Waals surface area contributed by atoms with Crippen molar-refractivity contribution in [2.24, 2.45) is 5.92 Å². The summed E-state index contributed by atoms with van der Waals surface area (Å²) in [6, 6.07) is 0. The van der Waals surface area contributed by atoms with Gasteiger partial charge in [-0.15, -0.1) is 0 Å². The summed E-state index contributed by atoms with van der Waals surface area (Å²) in [6.45, 7) is 10.9. The lowest BCUT2D eigenvalue weighted by Crippen LogP contribution is -2.41. The number of benzene rings is 1. The topological polar surface area (TPSA) is 113 Å². The minimum atomic E-state index is -3.73. The molecule has 1 heterocycles. The maximum absolute atomic E-state index is 12.9. The number of sulfonamides is 2. The van der Waals surface area contributed by atoms with Crippen LogP contribution in [0.5, 0.6) is 0 Å². The first-order valence-corrected chi connectivity index (χ1v) is 13.9. The van der Waals surface area contributed by atoms with E-state index in [1.54, 1.807) is 0 Å². The number of hydrogen-bond acceptors (Lipinski definition) is 5. The Hall–Kier alpha value is -1.49. The van der Waals surface area contributed by atoms with Crippen molar-refractivity contribution in [1.29, 1.82) is 0 Å². The molecule has 176 valence electrons. The van der Waals surface area contributed by atoms with E-state index in [4.69, 9.17) is 0 Å². The third-order valence-corrected chi connectivity index (χ3v) is 9.51. The van der Waals surface area contributed by atoms with E-state index in [1.807, 2.05) is 34.6 Å². The van der Waals surface area contributed by atoms with Gasteiger partial charge in [-0.3, -0.25) is 4.79 Å². The summed E-state index contributed by atoms with van der Waals surface area (Å²) in [5, 5.41) is 2.84. The SMILES string of the molecule is Cc1c(C)c(C)c(S(=O)(=O)NCCC(=O)NCC2CCN(S(C)(=O)=O)CC2)c(C)c1C. The number of hydrogen-bond donors (Lipinski definition) is 2. The molecule has 0 spiro atoms. The zero-order chi connectivity index (χ0) is 23.6. The number of rotatable bonds is 8.